The van der Waals surface area contributed by atoms with Crippen LogP contribution in [0.2, 0.25) is 0 Å². The summed E-state index contributed by atoms with van der Waals surface area (Å²) in [6, 6.07) is 6.45. The largest absolute Gasteiger partial charge is 0.399 e. The maximum atomic E-state index is 12.3. The van der Waals surface area contributed by atoms with E-state index in [2.05, 4.69) is 5.32 Å². The second-order valence-electron chi connectivity index (χ2n) is 4.67. The van der Waals surface area contributed by atoms with Crippen molar-refractivity contribution < 1.29 is 9.59 Å². The molecule has 1 saturated carbocycles. The van der Waals surface area contributed by atoms with Gasteiger partial charge in [0.25, 0.3) is 0 Å². The van der Waals surface area contributed by atoms with Gasteiger partial charge in [0.1, 0.15) is 0 Å². The number of hydrogen-bond donors (Lipinski definition) is 2. The molecule has 1 aliphatic carbocycles. The minimum atomic E-state index is -0.363. The molecule has 1 heterocycles. The molecule has 1 spiro atoms. The predicted molar refractivity (Wildman–Crippen MR) is 63.4 cm³/mol. The molecule has 2 fully saturated rings. The van der Waals surface area contributed by atoms with Crippen LogP contribution in [0.5, 0.6) is 0 Å². The Balaban J connectivity index is 2.00. The van der Waals surface area contributed by atoms with Gasteiger partial charge in [-0.2, -0.15) is 0 Å². The Hall–Kier alpha value is -2.04. The predicted octanol–water partition coefficient (Wildman–Crippen LogP) is 1.11. The summed E-state index contributed by atoms with van der Waals surface area (Å²) in [7, 11) is 0. The molecule has 5 heteroatoms. The number of carbonyl (C=O) groups is 2. The molecule has 1 aliphatic heterocycles. The molecule has 88 valence electrons. The molecule has 3 amide bonds. The average Bonchev–Trinajstić information content (AvgIpc) is 3.06. The van der Waals surface area contributed by atoms with Crippen LogP contribution in [0.4, 0.5) is 16.2 Å². The van der Waals surface area contributed by atoms with Gasteiger partial charge < -0.3 is 11.1 Å². The van der Waals surface area contributed by atoms with Crippen molar-refractivity contribution in [1.82, 2.24) is 5.32 Å². The van der Waals surface area contributed by atoms with Gasteiger partial charge in [-0.15, -0.1) is 0 Å². The maximum Gasteiger partial charge on any atom is 0.328 e. The van der Waals surface area contributed by atoms with E-state index in [1.54, 1.807) is 24.3 Å². The molecule has 1 aromatic carbocycles. The van der Waals surface area contributed by atoms with Crippen molar-refractivity contribution in [3.63, 3.8) is 0 Å². The number of benzene rings is 1. The van der Waals surface area contributed by atoms with Gasteiger partial charge in [-0.05, 0) is 31.0 Å². The Labute approximate surface area is 98.6 Å². The molecule has 0 radical (unpaired) electrons. The third-order valence-electron chi connectivity index (χ3n) is 3.42. The third-order valence-corrected chi connectivity index (χ3v) is 3.42. The zero-order valence-corrected chi connectivity index (χ0v) is 9.27. The first-order valence-corrected chi connectivity index (χ1v) is 5.60. The molecule has 3 rings (SSSR count). The summed E-state index contributed by atoms with van der Waals surface area (Å²) in [6.45, 7) is 0.462. The molecule has 0 unspecified atom stereocenters. The van der Waals surface area contributed by atoms with E-state index in [1.807, 2.05) is 0 Å². The van der Waals surface area contributed by atoms with E-state index in [4.69, 9.17) is 5.73 Å². The first-order chi connectivity index (χ1) is 8.12. The Morgan fingerprint density at radius 1 is 1.29 bits per heavy atom. The molecule has 1 saturated heterocycles. The number of hydrogen-bond acceptors (Lipinski definition) is 3. The normalized spacial score (nSPS) is 21.5. The summed E-state index contributed by atoms with van der Waals surface area (Å²) in [6.07, 6.45) is 1.70. The molecule has 5 nitrogen and oxygen atoms in total. The summed E-state index contributed by atoms with van der Waals surface area (Å²) in [5.41, 5.74) is 6.40. The topological polar surface area (TPSA) is 75.4 Å². The van der Waals surface area contributed by atoms with Crippen molar-refractivity contribution in [1.29, 1.82) is 0 Å². The van der Waals surface area contributed by atoms with Crippen LogP contribution in [0.15, 0.2) is 24.3 Å². The van der Waals surface area contributed by atoms with Crippen LogP contribution in [0.3, 0.4) is 0 Å². The molecule has 0 atom stereocenters. The minimum Gasteiger partial charge on any atom is -0.399 e. The molecule has 2 aliphatic rings. The van der Waals surface area contributed by atoms with E-state index in [1.165, 1.54) is 4.90 Å². The molecular formula is C12H13N3O2. The highest BCUT2D eigenvalue weighted by Crippen LogP contribution is 2.48. The SMILES string of the molecule is Nc1cccc(N2C(=O)NCC3(CC3)C2=O)c1. The van der Waals surface area contributed by atoms with Gasteiger partial charge in [-0.3, -0.25) is 4.79 Å². The van der Waals surface area contributed by atoms with Crippen LogP contribution < -0.4 is 16.0 Å². The zero-order chi connectivity index (χ0) is 12.0. The quantitative estimate of drug-likeness (QED) is 0.711. The fourth-order valence-electron chi connectivity index (χ4n) is 2.17. The lowest BCUT2D eigenvalue weighted by Crippen LogP contribution is -2.56. The summed E-state index contributed by atoms with van der Waals surface area (Å²) >= 11 is 0. The van der Waals surface area contributed by atoms with E-state index >= 15 is 0 Å². The minimum absolute atomic E-state index is 0.105. The molecule has 1 aromatic rings. The Morgan fingerprint density at radius 3 is 2.71 bits per heavy atom. The fourth-order valence-corrected chi connectivity index (χ4v) is 2.17. The number of rotatable bonds is 1. The Kier molecular flexibility index (Phi) is 1.92. The Bertz CT molecular complexity index is 508. The summed E-state index contributed by atoms with van der Waals surface area (Å²) in [5.74, 6) is -0.105. The van der Waals surface area contributed by atoms with Crippen molar-refractivity contribution in [3.05, 3.63) is 24.3 Å². The summed E-state index contributed by atoms with van der Waals surface area (Å²) in [4.78, 5) is 25.2. The third kappa shape index (κ3) is 1.46. The lowest BCUT2D eigenvalue weighted by atomic mass is 10.0. The van der Waals surface area contributed by atoms with Gasteiger partial charge in [0, 0.05) is 12.2 Å². The first-order valence-electron chi connectivity index (χ1n) is 5.60. The average molecular weight is 231 g/mol. The zero-order valence-electron chi connectivity index (χ0n) is 9.27. The van der Waals surface area contributed by atoms with Crippen molar-refractivity contribution in [2.75, 3.05) is 17.2 Å². The van der Waals surface area contributed by atoms with Crippen LogP contribution in [0, 0.1) is 5.41 Å². The van der Waals surface area contributed by atoms with Gasteiger partial charge in [-0.1, -0.05) is 6.07 Å². The smallest absolute Gasteiger partial charge is 0.328 e. The lowest BCUT2D eigenvalue weighted by molar-refractivity contribution is -0.123. The second kappa shape index (κ2) is 3.23. The van der Waals surface area contributed by atoms with Crippen molar-refractivity contribution in [2.24, 2.45) is 5.41 Å². The summed E-state index contributed by atoms with van der Waals surface area (Å²) < 4.78 is 0. The number of imide groups is 1. The fraction of sp³-hybridized carbons (Fsp3) is 0.333. The Morgan fingerprint density at radius 2 is 2.06 bits per heavy atom. The highest BCUT2D eigenvalue weighted by atomic mass is 16.2. The van der Waals surface area contributed by atoms with Crippen LogP contribution in [0.25, 0.3) is 0 Å². The summed E-state index contributed by atoms with van der Waals surface area (Å²) in [5, 5.41) is 2.76. The lowest BCUT2D eigenvalue weighted by Gasteiger charge is -2.31. The molecule has 0 aromatic heterocycles. The van der Waals surface area contributed by atoms with E-state index in [-0.39, 0.29) is 17.4 Å². The van der Waals surface area contributed by atoms with E-state index in [0.29, 0.717) is 17.9 Å². The molecule has 17 heavy (non-hydrogen) atoms. The monoisotopic (exact) mass is 231 g/mol. The number of nitrogens with zero attached hydrogens (tertiary/aromatic N) is 1. The highest BCUT2D eigenvalue weighted by Gasteiger charge is 2.56. The standard InChI is InChI=1S/C12H13N3O2/c13-8-2-1-3-9(6-8)15-10(16)12(4-5-12)7-14-11(15)17/h1-3,6H,4-5,7,13H2,(H,14,17). The van der Waals surface area contributed by atoms with E-state index in [9.17, 15) is 9.59 Å². The number of carbonyl (C=O) groups excluding carboxylic acids is 2. The van der Waals surface area contributed by atoms with Crippen LogP contribution in [-0.2, 0) is 4.79 Å². The molecule has 3 N–H and O–H groups in total. The van der Waals surface area contributed by atoms with Gasteiger partial charge in [0.15, 0.2) is 0 Å². The first kappa shape index (κ1) is 10.1. The highest BCUT2D eigenvalue weighted by molar-refractivity contribution is 6.18. The van der Waals surface area contributed by atoms with Crippen molar-refractivity contribution in [2.45, 2.75) is 12.8 Å². The number of nitrogens with one attached hydrogen (secondary N) is 1. The number of nitrogen functional groups attached to an aromatic ring is 1. The van der Waals surface area contributed by atoms with Gasteiger partial charge in [0.2, 0.25) is 5.91 Å². The van der Waals surface area contributed by atoms with Crippen molar-refractivity contribution >= 4 is 23.3 Å². The van der Waals surface area contributed by atoms with Gasteiger partial charge in [-0.25, -0.2) is 9.69 Å². The number of urea groups is 1. The van der Waals surface area contributed by atoms with E-state index in [0.717, 1.165) is 12.8 Å². The van der Waals surface area contributed by atoms with Gasteiger partial charge in [0.05, 0.1) is 11.1 Å². The van der Waals surface area contributed by atoms with Gasteiger partial charge >= 0.3 is 6.03 Å². The maximum absolute atomic E-state index is 12.3. The second-order valence-corrected chi connectivity index (χ2v) is 4.67. The van der Waals surface area contributed by atoms with Crippen LogP contribution in [0.1, 0.15) is 12.8 Å². The van der Waals surface area contributed by atoms with E-state index < -0.39 is 0 Å². The number of amides is 3. The van der Waals surface area contributed by atoms with Crippen molar-refractivity contribution in [3.8, 4) is 0 Å². The molecular weight excluding hydrogens is 218 g/mol. The van der Waals surface area contributed by atoms with Crippen LogP contribution >= 0.6 is 0 Å². The number of anilines is 2. The molecule has 0 bridgehead atoms. The number of nitrogens with two attached hydrogens (primary N) is 1. The van der Waals surface area contributed by atoms with Crippen LogP contribution in [-0.4, -0.2) is 18.5 Å².